The van der Waals surface area contributed by atoms with Gasteiger partial charge in [-0.25, -0.2) is 4.39 Å². The second kappa shape index (κ2) is 6.48. The van der Waals surface area contributed by atoms with E-state index in [0.29, 0.717) is 20.8 Å². The van der Waals surface area contributed by atoms with Crippen LogP contribution in [0.3, 0.4) is 0 Å². The van der Waals surface area contributed by atoms with Crippen LogP contribution < -0.4 is 0 Å². The van der Waals surface area contributed by atoms with Crippen LogP contribution in [0.15, 0.2) is 22.1 Å². The monoisotopic (exact) mass is 406 g/mol. The summed E-state index contributed by atoms with van der Waals surface area (Å²) in [5.74, 6) is -0.0131. The van der Waals surface area contributed by atoms with Crippen LogP contribution in [0.5, 0.6) is 0 Å². The van der Waals surface area contributed by atoms with E-state index >= 15 is 0 Å². The van der Waals surface area contributed by atoms with Crippen LogP contribution in [-0.4, -0.2) is 24.1 Å². The first-order chi connectivity index (χ1) is 10.1. The van der Waals surface area contributed by atoms with Crippen molar-refractivity contribution in [3.8, 4) is 0 Å². The van der Waals surface area contributed by atoms with Gasteiger partial charge in [-0.1, -0.05) is 33.6 Å². The van der Waals surface area contributed by atoms with Gasteiger partial charge in [-0.05, 0) is 45.3 Å². The van der Waals surface area contributed by atoms with Crippen molar-refractivity contribution in [2.45, 2.75) is 38.9 Å². The van der Waals surface area contributed by atoms with Gasteiger partial charge in [0.2, 0.25) is 0 Å². The summed E-state index contributed by atoms with van der Waals surface area (Å²) in [5, 5.41) is 0.338. The first kappa shape index (κ1) is 18.3. The molecule has 2 nitrogen and oxygen atoms in total. The van der Waals surface area contributed by atoms with Gasteiger partial charge in [0.05, 0.1) is 11.2 Å². The molecule has 1 fully saturated rings. The van der Waals surface area contributed by atoms with Gasteiger partial charge in [0.1, 0.15) is 5.82 Å². The van der Waals surface area contributed by atoms with Gasteiger partial charge in [0, 0.05) is 20.8 Å². The fourth-order valence-corrected chi connectivity index (χ4v) is 3.19. The fraction of sp³-hybridized carbons (Fsp3) is 0.467. The lowest BCUT2D eigenvalue weighted by atomic mass is 9.78. The highest BCUT2D eigenvalue weighted by atomic mass is 79.9. The molecule has 0 amide bonds. The summed E-state index contributed by atoms with van der Waals surface area (Å²) in [7, 11) is -0.551. The van der Waals surface area contributed by atoms with Crippen molar-refractivity contribution >= 4 is 53.4 Å². The Balaban J connectivity index is 2.38. The Hall–Kier alpha value is -0.00506. The van der Waals surface area contributed by atoms with E-state index < -0.39 is 24.1 Å². The number of halogens is 3. The van der Waals surface area contributed by atoms with Crippen molar-refractivity contribution in [2.75, 3.05) is 5.75 Å². The molecule has 0 aromatic heterocycles. The van der Waals surface area contributed by atoms with Crippen molar-refractivity contribution in [1.82, 2.24) is 0 Å². The van der Waals surface area contributed by atoms with Crippen LogP contribution in [0.1, 0.15) is 33.3 Å². The summed E-state index contributed by atoms with van der Waals surface area (Å²) in [6.45, 7) is 7.90. The quantitative estimate of drug-likeness (QED) is 0.549. The van der Waals surface area contributed by atoms with E-state index in [4.69, 9.17) is 20.9 Å². The average Bonchev–Trinajstić information content (AvgIpc) is 2.57. The minimum absolute atomic E-state index is 0.338. The van der Waals surface area contributed by atoms with Crippen LogP contribution in [-0.2, 0) is 9.31 Å². The maximum absolute atomic E-state index is 14.1. The Kier molecular flexibility index (Phi) is 5.40. The molecule has 1 aromatic carbocycles. The molecule has 0 aliphatic carbocycles. The molecule has 1 aliphatic rings. The maximum Gasteiger partial charge on any atom is 0.491 e. The molecule has 1 saturated heterocycles. The molecule has 22 heavy (non-hydrogen) atoms. The third-order valence-electron chi connectivity index (χ3n) is 4.11. The van der Waals surface area contributed by atoms with Gasteiger partial charge >= 0.3 is 7.12 Å². The second-order valence-electron chi connectivity index (χ2n) is 6.25. The summed E-state index contributed by atoms with van der Waals surface area (Å²) in [6.07, 6.45) is 1.70. The smallest absolute Gasteiger partial charge is 0.400 e. The van der Waals surface area contributed by atoms with E-state index in [1.807, 2.05) is 27.7 Å². The van der Waals surface area contributed by atoms with E-state index in [9.17, 15) is 4.39 Å². The fourth-order valence-electron chi connectivity index (χ4n) is 2.06. The Bertz CT molecular complexity index is 583. The summed E-state index contributed by atoms with van der Waals surface area (Å²) in [6, 6.07) is 2.93. The predicted molar refractivity (Wildman–Crippen MR) is 97.0 cm³/mol. The van der Waals surface area contributed by atoms with Crippen LogP contribution in [0, 0.1) is 5.82 Å². The van der Waals surface area contributed by atoms with E-state index in [0.717, 1.165) is 5.47 Å². The van der Waals surface area contributed by atoms with E-state index in [2.05, 4.69) is 28.6 Å². The van der Waals surface area contributed by atoms with Crippen molar-refractivity contribution in [3.63, 3.8) is 0 Å². The first-order valence-corrected chi connectivity index (χ1v) is 8.69. The van der Waals surface area contributed by atoms with E-state index in [1.165, 1.54) is 6.07 Å². The zero-order chi connectivity index (χ0) is 16.7. The molecule has 0 radical (unpaired) electrons. The highest BCUT2D eigenvalue weighted by Crippen LogP contribution is 2.39. The van der Waals surface area contributed by atoms with Gasteiger partial charge in [0.15, 0.2) is 0 Å². The molecule has 0 atom stereocenters. The predicted octanol–water partition coefficient (Wildman–Crippen LogP) is 5.19. The van der Waals surface area contributed by atoms with Gasteiger partial charge < -0.3 is 9.31 Å². The lowest BCUT2D eigenvalue weighted by Crippen LogP contribution is -2.41. The Morgan fingerprint density at radius 3 is 2.32 bits per heavy atom. The highest BCUT2D eigenvalue weighted by Gasteiger charge is 2.52. The number of thiol groups is 1. The molecule has 2 rings (SSSR count). The summed E-state index contributed by atoms with van der Waals surface area (Å²) >= 11 is 13.5. The minimum Gasteiger partial charge on any atom is -0.400 e. The molecular weight excluding hydrogens is 389 g/mol. The third-order valence-corrected chi connectivity index (χ3v) is 5.35. The maximum atomic E-state index is 14.1. The zero-order valence-corrected chi connectivity index (χ0v) is 16.2. The molecular formula is C15H18BBrClFO2S. The average molecular weight is 408 g/mol. The minimum atomic E-state index is -0.551. The SMILES string of the molecule is CC1(C)OB(C(=Cc2c(F)cc(Cl)cc2Br)CS)OC1(C)C. The zero-order valence-electron chi connectivity index (χ0n) is 12.9. The molecule has 0 spiro atoms. The topological polar surface area (TPSA) is 18.5 Å². The first-order valence-electron chi connectivity index (χ1n) is 6.89. The Morgan fingerprint density at radius 1 is 1.32 bits per heavy atom. The van der Waals surface area contributed by atoms with Gasteiger partial charge in [0.25, 0.3) is 0 Å². The van der Waals surface area contributed by atoms with Crippen LogP contribution in [0.25, 0.3) is 6.08 Å². The van der Waals surface area contributed by atoms with Crippen molar-refractivity contribution in [2.24, 2.45) is 0 Å². The number of benzene rings is 1. The molecule has 0 N–H and O–H groups in total. The van der Waals surface area contributed by atoms with Crippen LogP contribution >= 0.6 is 40.2 Å². The molecule has 1 aromatic rings. The number of hydrogen-bond acceptors (Lipinski definition) is 3. The second-order valence-corrected chi connectivity index (χ2v) is 7.86. The summed E-state index contributed by atoms with van der Waals surface area (Å²) < 4.78 is 26.7. The number of rotatable bonds is 3. The van der Waals surface area contributed by atoms with Crippen molar-refractivity contribution in [1.29, 1.82) is 0 Å². The van der Waals surface area contributed by atoms with Gasteiger partial charge in [-0.2, -0.15) is 12.6 Å². The van der Waals surface area contributed by atoms with E-state index in [-0.39, 0.29) is 0 Å². The lowest BCUT2D eigenvalue weighted by Gasteiger charge is -2.32. The summed E-state index contributed by atoms with van der Waals surface area (Å²) in [4.78, 5) is 0. The van der Waals surface area contributed by atoms with E-state index in [1.54, 1.807) is 12.1 Å². The molecule has 1 heterocycles. The van der Waals surface area contributed by atoms with Crippen LogP contribution in [0.4, 0.5) is 4.39 Å². The Labute approximate surface area is 150 Å². The van der Waals surface area contributed by atoms with Crippen molar-refractivity contribution < 1.29 is 13.7 Å². The normalized spacial score (nSPS) is 20.5. The standard InChI is InChI=1S/C15H18BBrClFO2S/c1-14(2)15(3,4)21-16(20-14)9(8-22)5-11-12(17)6-10(18)7-13(11)19/h5-7,22H,8H2,1-4H3. The third kappa shape index (κ3) is 3.56. The molecule has 0 bridgehead atoms. The highest BCUT2D eigenvalue weighted by molar-refractivity contribution is 9.10. The molecule has 1 aliphatic heterocycles. The van der Waals surface area contributed by atoms with Crippen LogP contribution in [0.2, 0.25) is 5.02 Å². The molecule has 7 heteroatoms. The molecule has 120 valence electrons. The van der Waals surface area contributed by atoms with Gasteiger partial charge in [-0.15, -0.1) is 0 Å². The van der Waals surface area contributed by atoms with Crippen molar-refractivity contribution in [3.05, 3.63) is 38.5 Å². The lowest BCUT2D eigenvalue weighted by molar-refractivity contribution is 0.00578. The largest absolute Gasteiger partial charge is 0.491 e. The molecule has 0 unspecified atom stereocenters. The number of hydrogen-bond donors (Lipinski definition) is 1. The Morgan fingerprint density at radius 2 is 1.86 bits per heavy atom. The van der Waals surface area contributed by atoms with Gasteiger partial charge in [-0.3, -0.25) is 0 Å². The molecule has 0 saturated carbocycles. The summed E-state index contributed by atoms with van der Waals surface area (Å²) in [5.41, 5.74) is 0.261.